The summed E-state index contributed by atoms with van der Waals surface area (Å²) in [4.78, 5) is 22.1. The molecule has 0 spiro atoms. The SMILES string of the molecule is O=c1[nH][nH]c(-c2ccc(F)cc2)c1N=Nc1cccc([N+](=O)[O-])c1. The molecule has 8 nitrogen and oxygen atoms in total. The van der Waals surface area contributed by atoms with E-state index in [9.17, 15) is 19.3 Å². The maximum absolute atomic E-state index is 13.0. The third kappa shape index (κ3) is 3.09. The number of halogens is 1. The lowest BCUT2D eigenvalue weighted by atomic mass is 10.1. The van der Waals surface area contributed by atoms with Crippen molar-refractivity contribution in [3.63, 3.8) is 0 Å². The number of hydrogen-bond acceptors (Lipinski definition) is 5. The highest BCUT2D eigenvalue weighted by molar-refractivity contribution is 5.71. The van der Waals surface area contributed by atoms with Gasteiger partial charge in [-0.05, 0) is 30.3 Å². The second-order valence-electron chi connectivity index (χ2n) is 4.79. The first-order valence-corrected chi connectivity index (χ1v) is 6.77. The number of aromatic nitrogens is 2. The number of nitro groups is 1. The Morgan fingerprint density at radius 3 is 2.50 bits per heavy atom. The zero-order chi connectivity index (χ0) is 17.1. The van der Waals surface area contributed by atoms with E-state index in [1.54, 1.807) is 0 Å². The molecule has 0 bridgehead atoms. The van der Waals surface area contributed by atoms with E-state index in [1.807, 2.05) is 0 Å². The summed E-state index contributed by atoms with van der Waals surface area (Å²) in [6.07, 6.45) is 0. The fraction of sp³-hybridized carbons (Fsp3) is 0. The van der Waals surface area contributed by atoms with Gasteiger partial charge in [-0.1, -0.05) is 6.07 Å². The Morgan fingerprint density at radius 2 is 1.79 bits per heavy atom. The number of aromatic amines is 2. The second kappa shape index (κ2) is 6.24. The molecule has 3 aromatic rings. The average molecular weight is 327 g/mol. The molecule has 0 atom stereocenters. The molecule has 2 N–H and O–H groups in total. The van der Waals surface area contributed by atoms with Crippen LogP contribution in [0.25, 0.3) is 11.3 Å². The third-order valence-corrected chi connectivity index (χ3v) is 3.19. The van der Waals surface area contributed by atoms with Gasteiger partial charge in [-0.3, -0.25) is 25.1 Å². The Kier molecular flexibility index (Phi) is 3.98. The molecule has 24 heavy (non-hydrogen) atoms. The van der Waals surface area contributed by atoms with Crippen LogP contribution in [0.4, 0.5) is 21.5 Å². The van der Waals surface area contributed by atoms with Gasteiger partial charge in [0.25, 0.3) is 11.2 Å². The summed E-state index contributed by atoms with van der Waals surface area (Å²) in [7, 11) is 0. The van der Waals surface area contributed by atoms with Crippen molar-refractivity contribution < 1.29 is 9.31 Å². The molecule has 1 heterocycles. The first-order chi connectivity index (χ1) is 11.5. The number of hydrogen-bond donors (Lipinski definition) is 2. The molecule has 0 amide bonds. The summed E-state index contributed by atoms with van der Waals surface area (Å²) in [6.45, 7) is 0. The molecule has 0 aliphatic heterocycles. The van der Waals surface area contributed by atoms with Crippen molar-refractivity contribution in [3.8, 4) is 11.3 Å². The van der Waals surface area contributed by atoms with Crippen molar-refractivity contribution in [2.45, 2.75) is 0 Å². The molecule has 0 unspecified atom stereocenters. The largest absolute Gasteiger partial charge is 0.295 e. The van der Waals surface area contributed by atoms with E-state index in [-0.39, 0.29) is 17.1 Å². The average Bonchev–Trinajstić information content (AvgIpc) is 2.95. The Hall–Kier alpha value is -3.62. The van der Waals surface area contributed by atoms with E-state index in [1.165, 1.54) is 48.5 Å². The van der Waals surface area contributed by atoms with Crippen LogP contribution in [0.5, 0.6) is 0 Å². The normalized spacial score (nSPS) is 11.0. The van der Waals surface area contributed by atoms with Gasteiger partial charge in [0.05, 0.1) is 16.3 Å². The molecule has 120 valence electrons. The van der Waals surface area contributed by atoms with E-state index >= 15 is 0 Å². The standard InChI is InChI=1S/C15H10FN5O3/c16-10-6-4-9(5-7-10)13-14(15(22)20-18-13)19-17-11-2-1-3-12(8-11)21(23)24/h1-8H,(H2,18,20,22). The lowest BCUT2D eigenvalue weighted by molar-refractivity contribution is -0.384. The summed E-state index contributed by atoms with van der Waals surface area (Å²) in [5.74, 6) is -0.406. The predicted molar refractivity (Wildman–Crippen MR) is 84.1 cm³/mol. The van der Waals surface area contributed by atoms with Crippen LogP contribution >= 0.6 is 0 Å². The van der Waals surface area contributed by atoms with Crippen LogP contribution in [0.1, 0.15) is 0 Å². The van der Waals surface area contributed by atoms with Crippen LogP contribution in [0, 0.1) is 15.9 Å². The zero-order valence-electron chi connectivity index (χ0n) is 12.1. The van der Waals surface area contributed by atoms with E-state index in [2.05, 4.69) is 20.4 Å². The van der Waals surface area contributed by atoms with Gasteiger partial charge >= 0.3 is 0 Å². The fourth-order valence-electron chi connectivity index (χ4n) is 2.05. The zero-order valence-corrected chi connectivity index (χ0v) is 12.1. The van der Waals surface area contributed by atoms with Gasteiger partial charge < -0.3 is 0 Å². The summed E-state index contributed by atoms with van der Waals surface area (Å²) in [5, 5.41) is 23.5. The van der Waals surface area contributed by atoms with Gasteiger partial charge in [-0.25, -0.2) is 4.39 Å². The lowest BCUT2D eigenvalue weighted by Gasteiger charge is -1.98. The molecule has 0 fully saturated rings. The molecule has 9 heteroatoms. The Labute approximate surface area is 133 Å². The molecule has 3 rings (SSSR count). The van der Waals surface area contributed by atoms with Crippen LogP contribution in [0.15, 0.2) is 63.6 Å². The van der Waals surface area contributed by atoms with Crippen molar-refractivity contribution in [2.24, 2.45) is 10.2 Å². The highest BCUT2D eigenvalue weighted by Gasteiger charge is 2.12. The minimum absolute atomic E-state index is 0.00638. The predicted octanol–water partition coefficient (Wildman–Crippen LogP) is 3.83. The third-order valence-electron chi connectivity index (χ3n) is 3.19. The number of benzene rings is 2. The molecule has 2 aromatic carbocycles. The summed E-state index contributed by atoms with van der Waals surface area (Å²) < 4.78 is 13.0. The molecular weight excluding hydrogens is 317 g/mol. The number of nitrogens with one attached hydrogen (secondary N) is 2. The van der Waals surface area contributed by atoms with Crippen molar-refractivity contribution >= 4 is 17.1 Å². The molecule has 1 aromatic heterocycles. The van der Waals surface area contributed by atoms with Crippen molar-refractivity contribution in [2.75, 3.05) is 0 Å². The maximum Gasteiger partial charge on any atom is 0.292 e. The van der Waals surface area contributed by atoms with Crippen molar-refractivity contribution in [3.05, 3.63) is 74.8 Å². The molecule has 0 radical (unpaired) electrons. The Balaban J connectivity index is 1.97. The quantitative estimate of drug-likeness (QED) is 0.431. The van der Waals surface area contributed by atoms with Gasteiger partial charge in [0.1, 0.15) is 5.82 Å². The smallest absolute Gasteiger partial charge is 0.292 e. The maximum atomic E-state index is 13.0. The summed E-state index contributed by atoms with van der Waals surface area (Å²) in [5.41, 5.74) is 0.469. The summed E-state index contributed by atoms with van der Waals surface area (Å²) in [6, 6.07) is 11.0. The minimum Gasteiger partial charge on any atom is -0.295 e. The van der Waals surface area contributed by atoms with Gasteiger partial charge in [0.2, 0.25) is 0 Å². The van der Waals surface area contributed by atoms with Gasteiger partial charge in [0.15, 0.2) is 5.69 Å². The van der Waals surface area contributed by atoms with Crippen LogP contribution in [-0.2, 0) is 0 Å². The van der Waals surface area contributed by atoms with Gasteiger partial charge in [-0.2, -0.15) is 5.11 Å². The van der Waals surface area contributed by atoms with Crippen LogP contribution in [0.2, 0.25) is 0 Å². The second-order valence-corrected chi connectivity index (χ2v) is 4.79. The molecule has 0 aliphatic rings. The number of rotatable bonds is 4. The minimum atomic E-state index is -0.550. The van der Waals surface area contributed by atoms with E-state index in [0.29, 0.717) is 11.3 Å². The van der Waals surface area contributed by atoms with Crippen LogP contribution in [-0.4, -0.2) is 15.1 Å². The van der Waals surface area contributed by atoms with E-state index in [4.69, 9.17) is 0 Å². The van der Waals surface area contributed by atoms with E-state index in [0.717, 1.165) is 0 Å². The van der Waals surface area contributed by atoms with Crippen molar-refractivity contribution in [1.29, 1.82) is 0 Å². The first kappa shape index (κ1) is 15.3. The number of nitro benzene ring substituents is 1. The first-order valence-electron chi connectivity index (χ1n) is 6.77. The molecular formula is C15H10FN5O3. The van der Waals surface area contributed by atoms with Crippen LogP contribution in [0.3, 0.4) is 0 Å². The highest BCUT2D eigenvalue weighted by atomic mass is 19.1. The number of non-ortho nitro benzene ring substituents is 1. The molecule has 0 aliphatic carbocycles. The van der Waals surface area contributed by atoms with Crippen LogP contribution < -0.4 is 5.56 Å². The van der Waals surface area contributed by atoms with Gasteiger partial charge in [-0.15, -0.1) is 5.11 Å². The number of azo groups is 1. The monoisotopic (exact) mass is 327 g/mol. The summed E-state index contributed by atoms with van der Waals surface area (Å²) >= 11 is 0. The topological polar surface area (TPSA) is 117 Å². The van der Waals surface area contributed by atoms with Crippen molar-refractivity contribution in [1.82, 2.24) is 10.2 Å². The number of H-pyrrole nitrogens is 2. The number of nitrogens with zero attached hydrogens (tertiary/aromatic N) is 3. The Bertz CT molecular complexity index is 975. The highest BCUT2D eigenvalue weighted by Crippen LogP contribution is 2.27. The van der Waals surface area contributed by atoms with E-state index < -0.39 is 16.3 Å². The fourth-order valence-corrected chi connectivity index (χ4v) is 2.05. The molecule has 0 saturated carbocycles. The Morgan fingerprint density at radius 1 is 1.04 bits per heavy atom. The van der Waals surface area contributed by atoms with Gasteiger partial charge in [0, 0.05) is 17.7 Å². The lowest BCUT2D eigenvalue weighted by Crippen LogP contribution is -1.96. The molecule has 0 saturated heterocycles.